The molecule has 12 nitrogen and oxygen atoms in total. The summed E-state index contributed by atoms with van der Waals surface area (Å²) in [7, 11) is 0. The predicted molar refractivity (Wildman–Crippen MR) is 177 cm³/mol. The number of hydrogen-bond donors (Lipinski definition) is 1. The van der Waals surface area contributed by atoms with E-state index in [4.69, 9.17) is 36.0 Å². The summed E-state index contributed by atoms with van der Waals surface area (Å²) in [5.74, 6) is 1.14. The molecule has 1 fully saturated rings. The number of amides is 2. The quantitative estimate of drug-likeness (QED) is 0.181. The van der Waals surface area contributed by atoms with Gasteiger partial charge in [0.25, 0.3) is 5.91 Å². The smallest absolute Gasteiger partial charge is 0.410 e. The number of piperidine rings is 1. The fourth-order valence-electron chi connectivity index (χ4n) is 5.32. The third kappa shape index (κ3) is 7.05. The van der Waals surface area contributed by atoms with Gasteiger partial charge in [0, 0.05) is 50.0 Å². The fraction of sp³-hybridized carbons (Fsp3) is 0.364. The Labute approximate surface area is 280 Å². The van der Waals surface area contributed by atoms with Gasteiger partial charge in [-0.15, -0.1) is 21.5 Å². The van der Waals surface area contributed by atoms with Crippen molar-refractivity contribution in [1.82, 2.24) is 24.6 Å². The normalized spacial score (nSPS) is 14.7. The number of rotatable bonds is 8. The second-order valence-electron chi connectivity index (χ2n) is 12.3. The van der Waals surface area contributed by atoms with Crippen LogP contribution in [0.4, 0.5) is 4.79 Å². The lowest BCUT2D eigenvalue weighted by Gasteiger charge is -2.33. The van der Waals surface area contributed by atoms with E-state index < -0.39 is 17.6 Å². The molecular weight excluding hydrogens is 644 g/mol. The number of nitrogens with zero attached hydrogens (tertiary/aromatic N) is 5. The van der Waals surface area contributed by atoms with Crippen molar-refractivity contribution in [2.75, 3.05) is 13.1 Å². The van der Waals surface area contributed by atoms with Gasteiger partial charge in [-0.25, -0.2) is 9.78 Å². The van der Waals surface area contributed by atoms with Crippen LogP contribution < -0.4 is 15.2 Å². The SMILES string of the molecule is Cc1nnc(-c2ccc3c(c2)ncn3-c2cc(O[C@H](C)c3cccc(OC4CCN(C(=O)OC(C)(C)C)CC4)c3Cl)c(C(N)=O)s2)o1. The number of benzene rings is 2. The highest BCUT2D eigenvalue weighted by Crippen LogP contribution is 2.39. The Bertz CT molecular complexity index is 1940. The number of likely N-dealkylation sites (tertiary alicyclic amines) is 1. The van der Waals surface area contributed by atoms with E-state index in [-0.39, 0.29) is 17.1 Å². The predicted octanol–water partition coefficient (Wildman–Crippen LogP) is 7.12. The lowest BCUT2D eigenvalue weighted by molar-refractivity contribution is 0.0126. The zero-order valence-electron chi connectivity index (χ0n) is 26.7. The van der Waals surface area contributed by atoms with E-state index in [0.717, 1.165) is 11.1 Å². The average Bonchev–Trinajstić information content (AvgIpc) is 3.75. The summed E-state index contributed by atoms with van der Waals surface area (Å²) in [5.41, 5.74) is 8.19. The van der Waals surface area contributed by atoms with E-state index in [1.54, 1.807) is 24.2 Å². The molecule has 3 aromatic heterocycles. The van der Waals surface area contributed by atoms with Crippen molar-refractivity contribution in [3.63, 3.8) is 0 Å². The third-order valence-electron chi connectivity index (χ3n) is 7.59. The Balaban J connectivity index is 1.17. The minimum Gasteiger partial charge on any atom is -0.489 e. The van der Waals surface area contributed by atoms with Crippen LogP contribution in [0.1, 0.15) is 67.8 Å². The molecule has 1 atom stereocenters. The number of nitrogens with two attached hydrogens (primary N) is 1. The molecule has 0 radical (unpaired) electrons. The van der Waals surface area contributed by atoms with Crippen molar-refractivity contribution in [3.05, 3.63) is 70.1 Å². The van der Waals surface area contributed by atoms with E-state index in [9.17, 15) is 9.59 Å². The maximum atomic E-state index is 12.5. The molecule has 1 aliphatic rings. The number of halogens is 1. The van der Waals surface area contributed by atoms with Crippen LogP contribution in [-0.4, -0.2) is 61.4 Å². The number of carbonyl (C=O) groups is 2. The van der Waals surface area contributed by atoms with Crippen molar-refractivity contribution in [1.29, 1.82) is 0 Å². The number of carbonyl (C=O) groups excluding carboxylic acids is 2. The van der Waals surface area contributed by atoms with Gasteiger partial charge in [0.2, 0.25) is 11.8 Å². The van der Waals surface area contributed by atoms with Crippen LogP contribution in [0, 0.1) is 6.92 Å². The van der Waals surface area contributed by atoms with Gasteiger partial charge in [-0.3, -0.25) is 9.36 Å². The number of imidazole rings is 1. The van der Waals surface area contributed by atoms with Crippen molar-refractivity contribution in [3.8, 4) is 28.0 Å². The minimum absolute atomic E-state index is 0.115. The van der Waals surface area contributed by atoms with Crippen LogP contribution in [-0.2, 0) is 4.74 Å². The molecule has 0 spiro atoms. The molecule has 1 aliphatic heterocycles. The Kier molecular flexibility index (Phi) is 8.86. The molecule has 5 aromatic rings. The zero-order valence-corrected chi connectivity index (χ0v) is 28.2. The van der Waals surface area contributed by atoms with Crippen molar-refractivity contribution >= 4 is 46.0 Å². The van der Waals surface area contributed by atoms with Crippen molar-refractivity contribution in [2.24, 2.45) is 5.73 Å². The van der Waals surface area contributed by atoms with Crippen molar-refractivity contribution in [2.45, 2.75) is 65.3 Å². The van der Waals surface area contributed by atoms with E-state index in [2.05, 4.69) is 15.2 Å². The number of hydrogen-bond acceptors (Lipinski definition) is 10. The maximum Gasteiger partial charge on any atom is 0.410 e. The largest absolute Gasteiger partial charge is 0.489 e. The Hall–Kier alpha value is -4.62. The van der Waals surface area contributed by atoms with Gasteiger partial charge in [0.15, 0.2) is 0 Å². The summed E-state index contributed by atoms with van der Waals surface area (Å²) in [6.45, 7) is 10.2. The number of aryl methyl sites for hydroxylation is 1. The topological polar surface area (TPSA) is 148 Å². The lowest BCUT2D eigenvalue weighted by Crippen LogP contribution is -2.44. The number of fused-ring (bicyclic) bond motifs is 1. The van der Waals surface area contributed by atoms with Gasteiger partial charge >= 0.3 is 6.09 Å². The standard InChI is InChI=1S/C33H35ClN6O6S/c1-18(22-7-6-8-25(28(22)34)45-21-11-13-39(14-12-21)32(42)46-33(3,4)5)43-26-16-27(47-29(26)30(35)41)40-17-36-23-15-20(9-10-24(23)40)31-38-37-19(2)44-31/h6-10,15-18,21H,11-14H2,1-5H3,(H2,35,41)/t18-/m1/s1. The zero-order chi connectivity index (χ0) is 33.5. The molecular formula is C33H35ClN6O6S. The molecule has 2 N–H and O–H groups in total. The lowest BCUT2D eigenvalue weighted by atomic mass is 10.1. The molecule has 0 bridgehead atoms. The fourth-order valence-corrected chi connectivity index (χ4v) is 6.57. The highest BCUT2D eigenvalue weighted by Gasteiger charge is 2.29. The first kappa shape index (κ1) is 32.3. The Morgan fingerprint density at radius 2 is 1.87 bits per heavy atom. The van der Waals surface area contributed by atoms with Crippen LogP contribution in [0.5, 0.6) is 11.5 Å². The van der Waals surface area contributed by atoms with E-state index in [0.29, 0.717) is 70.3 Å². The molecule has 246 valence electrons. The highest BCUT2D eigenvalue weighted by atomic mass is 35.5. The van der Waals surface area contributed by atoms with Crippen LogP contribution in [0.2, 0.25) is 5.02 Å². The van der Waals surface area contributed by atoms with Crippen LogP contribution >= 0.6 is 22.9 Å². The second-order valence-corrected chi connectivity index (χ2v) is 13.7. The van der Waals surface area contributed by atoms with Gasteiger partial charge in [-0.1, -0.05) is 23.7 Å². The van der Waals surface area contributed by atoms with Crippen molar-refractivity contribution < 1.29 is 28.2 Å². The Morgan fingerprint density at radius 1 is 1.11 bits per heavy atom. The molecule has 47 heavy (non-hydrogen) atoms. The molecule has 0 aliphatic carbocycles. The third-order valence-corrected chi connectivity index (χ3v) is 9.12. The minimum atomic E-state index is -0.608. The van der Waals surface area contributed by atoms with E-state index >= 15 is 0 Å². The van der Waals surface area contributed by atoms with Crippen LogP contribution in [0.25, 0.3) is 27.5 Å². The molecule has 6 rings (SSSR count). The molecule has 0 saturated carbocycles. The van der Waals surface area contributed by atoms with Gasteiger partial charge in [0.1, 0.15) is 45.5 Å². The van der Waals surface area contributed by atoms with Gasteiger partial charge < -0.3 is 29.3 Å². The number of aromatic nitrogens is 4. The molecule has 14 heteroatoms. The molecule has 1 saturated heterocycles. The maximum absolute atomic E-state index is 12.5. The first-order valence-electron chi connectivity index (χ1n) is 15.2. The van der Waals surface area contributed by atoms with Crippen LogP contribution in [0.15, 0.2) is 53.2 Å². The number of ether oxygens (including phenoxy) is 3. The van der Waals surface area contributed by atoms with Gasteiger partial charge in [-0.05, 0) is 52.0 Å². The molecule has 2 amide bonds. The number of primary amides is 1. The summed E-state index contributed by atoms with van der Waals surface area (Å²) in [6.07, 6.45) is 1.99. The summed E-state index contributed by atoms with van der Waals surface area (Å²) >= 11 is 8.05. The Morgan fingerprint density at radius 3 is 2.55 bits per heavy atom. The van der Waals surface area contributed by atoms with Gasteiger partial charge in [-0.2, -0.15) is 0 Å². The average molecular weight is 679 g/mol. The first-order chi connectivity index (χ1) is 22.4. The first-order valence-corrected chi connectivity index (χ1v) is 16.4. The molecule has 4 heterocycles. The monoisotopic (exact) mass is 678 g/mol. The van der Waals surface area contributed by atoms with Crippen LogP contribution in [0.3, 0.4) is 0 Å². The van der Waals surface area contributed by atoms with E-state index in [1.165, 1.54) is 11.3 Å². The second kappa shape index (κ2) is 12.9. The summed E-state index contributed by atoms with van der Waals surface area (Å²) in [4.78, 5) is 31.4. The summed E-state index contributed by atoms with van der Waals surface area (Å²) in [5, 5.41) is 9.09. The summed E-state index contributed by atoms with van der Waals surface area (Å²) in [6, 6.07) is 12.9. The number of thiophene rings is 1. The summed E-state index contributed by atoms with van der Waals surface area (Å²) < 4.78 is 25.5. The molecule has 0 unspecified atom stereocenters. The van der Waals surface area contributed by atoms with E-state index in [1.807, 2.05) is 68.7 Å². The highest BCUT2D eigenvalue weighted by molar-refractivity contribution is 7.16. The van der Waals surface area contributed by atoms with Gasteiger partial charge in [0.05, 0.1) is 16.1 Å². The molecule has 2 aromatic carbocycles.